The SMILES string of the molecule is O=C(Nc1ccc(F)cc1Cl)c1cc(-c2ccc[nH]2)n[nH]1. The van der Waals surface area contributed by atoms with Crippen molar-refractivity contribution in [2.24, 2.45) is 0 Å². The van der Waals surface area contributed by atoms with Crippen LogP contribution < -0.4 is 5.32 Å². The molecule has 1 amide bonds. The van der Waals surface area contributed by atoms with E-state index in [0.717, 1.165) is 11.8 Å². The molecule has 21 heavy (non-hydrogen) atoms. The molecule has 0 aliphatic heterocycles. The highest BCUT2D eigenvalue weighted by Crippen LogP contribution is 2.23. The van der Waals surface area contributed by atoms with Gasteiger partial charge in [0.25, 0.3) is 5.91 Å². The van der Waals surface area contributed by atoms with Gasteiger partial charge in [-0.3, -0.25) is 9.89 Å². The van der Waals surface area contributed by atoms with Gasteiger partial charge in [-0.15, -0.1) is 0 Å². The second kappa shape index (κ2) is 5.41. The quantitative estimate of drug-likeness (QED) is 0.693. The number of nitrogens with zero attached hydrogens (tertiary/aromatic N) is 1. The first-order valence-electron chi connectivity index (χ1n) is 6.09. The second-order valence-corrected chi connectivity index (χ2v) is 4.74. The van der Waals surface area contributed by atoms with E-state index in [9.17, 15) is 9.18 Å². The Labute approximate surface area is 124 Å². The molecule has 106 valence electrons. The number of halogens is 2. The topological polar surface area (TPSA) is 73.6 Å². The van der Waals surface area contributed by atoms with Crippen LogP contribution in [0, 0.1) is 5.82 Å². The summed E-state index contributed by atoms with van der Waals surface area (Å²) in [5.41, 5.74) is 2.03. The van der Waals surface area contributed by atoms with Gasteiger partial charge in [0, 0.05) is 6.20 Å². The zero-order valence-corrected chi connectivity index (χ0v) is 11.4. The summed E-state index contributed by atoms with van der Waals surface area (Å²) in [6.45, 7) is 0. The summed E-state index contributed by atoms with van der Waals surface area (Å²) in [7, 11) is 0. The summed E-state index contributed by atoms with van der Waals surface area (Å²) < 4.78 is 13.0. The van der Waals surface area contributed by atoms with Crippen molar-refractivity contribution in [1.29, 1.82) is 0 Å². The third-order valence-electron chi connectivity index (χ3n) is 2.88. The Hall–Kier alpha value is -2.60. The fourth-order valence-electron chi connectivity index (χ4n) is 1.85. The molecule has 2 aromatic heterocycles. The van der Waals surface area contributed by atoms with Crippen LogP contribution in [0.5, 0.6) is 0 Å². The Bertz CT molecular complexity index is 782. The van der Waals surface area contributed by atoms with Crippen molar-refractivity contribution >= 4 is 23.2 Å². The first kappa shape index (κ1) is 13.4. The molecule has 7 heteroatoms. The Balaban J connectivity index is 1.79. The summed E-state index contributed by atoms with van der Waals surface area (Å²) in [6, 6.07) is 9.04. The van der Waals surface area contributed by atoms with Crippen LogP contribution in [0.4, 0.5) is 10.1 Å². The van der Waals surface area contributed by atoms with E-state index in [4.69, 9.17) is 11.6 Å². The molecule has 0 saturated heterocycles. The van der Waals surface area contributed by atoms with Crippen molar-refractivity contribution in [3.05, 3.63) is 59.1 Å². The van der Waals surface area contributed by atoms with Crippen LogP contribution in [0.1, 0.15) is 10.5 Å². The van der Waals surface area contributed by atoms with Gasteiger partial charge in [0.05, 0.1) is 16.4 Å². The van der Waals surface area contributed by atoms with Crippen molar-refractivity contribution in [3.63, 3.8) is 0 Å². The minimum absolute atomic E-state index is 0.132. The molecule has 0 atom stereocenters. The van der Waals surface area contributed by atoms with Crippen LogP contribution in [-0.2, 0) is 0 Å². The first-order chi connectivity index (χ1) is 10.1. The summed E-state index contributed by atoms with van der Waals surface area (Å²) in [6.07, 6.45) is 1.77. The van der Waals surface area contributed by atoms with Gasteiger partial charge in [-0.05, 0) is 36.4 Å². The minimum atomic E-state index is -0.464. The smallest absolute Gasteiger partial charge is 0.273 e. The summed E-state index contributed by atoms with van der Waals surface area (Å²) in [5, 5.41) is 9.42. The lowest BCUT2D eigenvalue weighted by atomic mass is 10.2. The standard InChI is InChI=1S/C14H10ClFN4O/c15-9-6-8(16)3-4-10(9)18-14(21)13-7-12(19-20-13)11-2-1-5-17-11/h1-7,17H,(H,18,21)(H,19,20). The number of amides is 1. The first-order valence-corrected chi connectivity index (χ1v) is 6.47. The number of aromatic amines is 2. The molecule has 1 aromatic carbocycles. The molecule has 0 unspecified atom stereocenters. The van der Waals surface area contributed by atoms with E-state index in [0.29, 0.717) is 11.4 Å². The van der Waals surface area contributed by atoms with Gasteiger partial charge < -0.3 is 10.3 Å². The van der Waals surface area contributed by atoms with Crippen molar-refractivity contribution in [2.75, 3.05) is 5.32 Å². The van der Waals surface area contributed by atoms with Gasteiger partial charge in [0.2, 0.25) is 0 Å². The normalized spacial score (nSPS) is 10.6. The number of carbonyl (C=O) groups excluding carboxylic acids is 1. The summed E-state index contributed by atoms with van der Waals surface area (Å²) >= 11 is 5.86. The zero-order chi connectivity index (χ0) is 14.8. The van der Waals surface area contributed by atoms with Crippen LogP contribution in [0.2, 0.25) is 5.02 Å². The van der Waals surface area contributed by atoms with Gasteiger partial charge in [-0.1, -0.05) is 11.6 Å². The van der Waals surface area contributed by atoms with E-state index in [1.54, 1.807) is 12.3 Å². The Kier molecular flexibility index (Phi) is 3.45. The predicted octanol–water partition coefficient (Wildman–Crippen LogP) is 3.45. The Morgan fingerprint density at radius 2 is 2.14 bits per heavy atom. The third kappa shape index (κ3) is 2.80. The number of anilines is 1. The number of hydrogen-bond acceptors (Lipinski definition) is 2. The molecule has 0 aliphatic rings. The monoisotopic (exact) mass is 304 g/mol. The molecule has 5 nitrogen and oxygen atoms in total. The summed E-state index contributed by atoms with van der Waals surface area (Å²) in [5.74, 6) is -0.873. The molecule has 0 fully saturated rings. The van der Waals surface area contributed by atoms with E-state index in [-0.39, 0.29) is 10.7 Å². The molecule has 0 saturated carbocycles. The van der Waals surface area contributed by atoms with Gasteiger partial charge >= 0.3 is 0 Å². The lowest BCUT2D eigenvalue weighted by Crippen LogP contribution is -2.12. The number of carbonyl (C=O) groups is 1. The van der Waals surface area contributed by atoms with Crippen LogP contribution in [-0.4, -0.2) is 21.1 Å². The average molecular weight is 305 g/mol. The second-order valence-electron chi connectivity index (χ2n) is 4.33. The maximum Gasteiger partial charge on any atom is 0.273 e. The maximum absolute atomic E-state index is 13.0. The van der Waals surface area contributed by atoms with Crippen molar-refractivity contribution in [1.82, 2.24) is 15.2 Å². The Morgan fingerprint density at radius 1 is 1.29 bits per heavy atom. The fourth-order valence-corrected chi connectivity index (χ4v) is 2.06. The highest BCUT2D eigenvalue weighted by atomic mass is 35.5. The van der Waals surface area contributed by atoms with E-state index < -0.39 is 11.7 Å². The molecule has 0 aliphatic carbocycles. The molecule has 3 rings (SSSR count). The lowest BCUT2D eigenvalue weighted by Gasteiger charge is -2.05. The lowest BCUT2D eigenvalue weighted by molar-refractivity contribution is 0.102. The van der Waals surface area contributed by atoms with Gasteiger partial charge in [0.15, 0.2) is 0 Å². The number of rotatable bonds is 3. The largest absolute Gasteiger partial charge is 0.360 e. The van der Waals surface area contributed by atoms with Crippen molar-refractivity contribution in [2.45, 2.75) is 0 Å². The highest BCUT2D eigenvalue weighted by molar-refractivity contribution is 6.33. The minimum Gasteiger partial charge on any atom is -0.360 e. The average Bonchev–Trinajstić information content (AvgIpc) is 3.10. The van der Waals surface area contributed by atoms with Crippen LogP contribution in [0.25, 0.3) is 11.4 Å². The maximum atomic E-state index is 13.0. The molecule has 0 bridgehead atoms. The molecular formula is C14H10ClFN4O. The number of nitrogens with one attached hydrogen (secondary N) is 3. The van der Waals surface area contributed by atoms with Crippen molar-refractivity contribution < 1.29 is 9.18 Å². The van der Waals surface area contributed by atoms with Crippen LogP contribution in [0.3, 0.4) is 0 Å². The third-order valence-corrected chi connectivity index (χ3v) is 3.19. The number of H-pyrrole nitrogens is 2. The van der Waals surface area contributed by atoms with Crippen LogP contribution in [0.15, 0.2) is 42.6 Å². The Morgan fingerprint density at radius 3 is 2.86 bits per heavy atom. The van der Waals surface area contributed by atoms with E-state index in [1.807, 2.05) is 12.1 Å². The molecule has 0 radical (unpaired) electrons. The van der Waals surface area contributed by atoms with Crippen LogP contribution >= 0.6 is 11.6 Å². The molecular weight excluding hydrogens is 295 g/mol. The number of aromatic nitrogens is 3. The van der Waals surface area contributed by atoms with Gasteiger partial charge in [0.1, 0.15) is 17.2 Å². The summed E-state index contributed by atoms with van der Waals surface area (Å²) in [4.78, 5) is 15.1. The number of hydrogen-bond donors (Lipinski definition) is 3. The van der Waals surface area contributed by atoms with E-state index >= 15 is 0 Å². The molecule has 3 aromatic rings. The van der Waals surface area contributed by atoms with Gasteiger partial charge in [-0.25, -0.2) is 4.39 Å². The van der Waals surface area contributed by atoms with Crippen molar-refractivity contribution in [3.8, 4) is 11.4 Å². The highest BCUT2D eigenvalue weighted by Gasteiger charge is 2.13. The molecule has 3 N–H and O–H groups in total. The van der Waals surface area contributed by atoms with E-state index in [1.165, 1.54) is 12.1 Å². The fraction of sp³-hybridized carbons (Fsp3) is 0. The predicted molar refractivity (Wildman–Crippen MR) is 77.7 cm³/mol. The molecule has 0 spiro atoms. The molecule has 2 heterocycles. The van der Waals surface area contributed by atoms with E-state index in [2.05, 4.69) is 20.5 Å². The van der Waals surface area contributed by atoms with Gasteiger partial charge in [-0.2, -0.15) is 5.10 Å². The number of benzene rings is 1. The zero-order valence-electron chi connectivity index (χ0n) is 10.7.